The van der Waals surface area contributed by atoms with Gasteiger partial charge in [-0.05, 0) is 0 Å². The first kappa shape index (κ1) is 23.5. The Morgan fingerprint density at radius 1 is 0.654 bits per heavy atom. The molecule has 0 saturated carbocycles. The summed E-state index contributed by atoms with van der Waals surface area (Å²) in [5, 5.41) is 0. The summed E-state index contributed by atoms with van der Waals surface area (Å²) in [6.07, 6.45) is 0. The average molecular weight is 404 g/mol. The van der Waals surface area contributed by atoms with Crippen molar-refractivity contribution in [3.05, 3.63) is 37.2 Å². The van der Waals surface area contributed by atoms with E-state index in [1.807, 2.05) is 0 Å². The minimum Gasteiger partial charge on any atom is -0.433 e. The van der Waals surface area contributed by atoms with Crippen LogP contribution in [0, 0.1) is 0 Å². The van der Waals surface area contributed by atoms with Gasteiger partial charge in [-0.3, -0.25) is 0 Å². The van der Waals surface area contributed by atoms with Gasteiger partial charge in [0.1, 0.15) is 0 Å². The summed E-state index contributed by atoms with van der Waals surface area (Å²) in [6.45, 7) is 4.23. The van der Waals surface area contributed by atoms with Crippen LogP contribution >= 0.6 is 7.82 Å². The number of halogens is 3. The first-order chi connectivity index (χ1) is 12.0. The Morgan fingerprint density at radius 3 is 1.08 bits per heavy atom. The smallest absolute Gasteiger partial charge is 0.433 e. The van der Waals surface area contributed by atoms with Gasteiger partial charge < -0.3 is 14.2 Å². The Kier molecular flexibility index (Phi) is 10.1. The molecule has 146 valence electrons. The minimum atomic E-state index is -4.77. The second kappa shape index (κ2) is 11.2. The molecule has 0 aromatic carbocycles. The third kappa shape index (κ3) is 9.74. The molecule has 0 aliphatic heterocycles. The van der Waals surface area contributed by atoms with Crippen molar-refractivity contribution in [2.24, 2.45) is 0 Å². The zero-order valence-corrected chi connectivity index (χ0v) is 13.8. The van der Waals surface area contributed by atoms with Crippen molar-refractivity contribution in [2.75, 3.05) is 20.4 Å². The molecular formula is C12H12F3O10P. The lowest BCUT2D eigenvalue weighted by atomic mass is 10.6. The maximum Gasteiger partial charge on any atom is 0.483 e. The van der Waals surface area contributed by atoms with Crippen molar-refractivity contribution in [1.82, 2.24) is 0 Å². The minimum absolute atomic E-state index is 1.20. The fraction of sp³-hybridized carbons (Fsp3) is 0.250. The van der Waals surface area contributed by atoms with E-state index in [0.717, 1.165) is 0 Å². The molecule has 14 heteroatoms. The molecule has 0 aliphatic rings. The molecule has 0 unspecified atom stereocenters. The molecule has 0 atom stereocenters. The van der Waals surface area contributed by atoms with Crippen LogP contribution in [0.5, 0.6) is 0 Å². The van der Waals surface area contributed by atoms with Crippen molar-refractivity contribution >= 4 is 25.7 Å². The highest BCUT2D eigenvalue weighted by Gasteiger charge is 2.30. The van der Waals surface area contributed by atoms with Gasteiger partial charge in [-0.15, -0.1) is 0 Å². The van der Waals surface area contributed by atoms with Gasteiger partial charge in [-0.1, -0.05) is 19.7 Å². The maximum atomic E-state index is 12.4. The van der Waals surface area contributed by atoms with E-state index in [1.54, 1.807) is 0 Å². The van der Waals surface area contributed by atoms with Crippen LogP contribution in [0.2, 0.25) is 0 Å². The number of hydrogen-bond acceptors (Lipinski definition) is 10. The topological polar surface area (TPSA) is 124 Å². The predicted molar refractivity (Wildman–Crippen MR) is 74.5 cm³/mol. The number of carbonyl (C=O) groups excluding carboxylic acids is 3. The lowest BCUT2D eigenvalue weighted by Gasteiger charge is -2.17. The van der Waals surface area contributed by atoms with E-state index in [1.165, 1.54) is 0 Å². The summed E-state index contributed by atoms with van der Waals surface area (Å²) in [5.41, 5.74) is 0. The van der Waals surface area contributed by atoms with Crippen LogP contribution in [0.3, 0.4) is 0 Å². The highest BCUT2D eigenvalue weighted by Crippen LogP contribution is 2.49. The predicted octanol–water partition coefficient (Wildman–Crippen LogP) is 2.10. The Labute approximate surface area is 144 Å². The van der Waals surface area contributed by atoms with Gasteiger partial charge in [-0.25, -0.2) is 32.5 Å². The van der Waals surface area contributed by atoms with E-state index in [-0.39, 0.29) is 0 Å². The normalized spacial score (nSPS) is 10.6. The first-order valence-corrected chi connectivity index (χ1v) is 7.53. The lowest BCUT2D eigenvalue weighted by molar-refractivity contribution is -0.153. The number of ether oxygens (including phenoxy) is 3. The largest absolute Gasteiger partial charge is 0.483 e. The molecule has 26 heavy (non-hydrogen) atoms. The number of esters is 3. The van der Waals surface area contributed by atoms with E-state index in [0.29, 0.717) is 0 Å². The molecule has 10 nitrogen and oxygen atoms in total. The Morgan fingerprint density at radius 2 is 0.885 bits per heavy atom. The Hall–Kier alpha value is -2.47. The summed E-state index contributed by atoms with van der Waals surface area (Å²) in [6, 6.07) is 0. The molecule has 0 rings (SSSR count). The van der Waals surface area contributed by atoms with Crippen LogP contribution in [-0.2, 0) is 46.7 Å². The van der Waals surface area contributed by atoms with Crippen molar-refractivity contribution in [2.45, 2.75) is 0 Å². The fourth-order valence-corrected chi connectivity index (χ4v) is 1.55. The SMILES string of the molecule is C=C(F)C(=O)OCOP(=O)(OCOC(=O)C(=C)F)OCOC(=O)C(=C)F. The average Bonchev–Trinajstić information content (AvgIpc) is 2.54. The van der Waals surface area contributed by atoms with E-state index >= 15 is 0 Å². The molecule has 0 saturated heterocycles. The lowest BCUT2D eigenvalue weighted by Crippen LogP contribution is -2.14. The van der Waals surface area contributed by atoms with Crippen LogP contribution < -0.4 is 0 Å². The van der Waals surface area contributed by atoms with Gasteiger partial charge in [0.05, 0.1) is 0 Å². The van der Waals surface area contributed by atoms with Crippen molar-refractivity contribution < 1.29 is 59.9 Å². The number of phosphoric ester groups is 1. The van der Waals surface area contributed by atoms with E-state index in [2.05, 4.69) is 47.5 Å². The second-order valence-corrected chi connectivity index (χ2v) is 5.37. The van der Waals surface area contributed by atoms with Crippen molar-refractivity contribution in [3.8, 4) is 0 Å². The Balaban J connectivity index is 4.70. The molecule has 0 radical (unpaired) electrons. The Bertz CT molecular complexity index is 562. The molecule has 0 heterocycles. The highest BCUT2D eigenvalue weighted by molar-refractivity contribution is 7.48. The summed E-state index contributed by atoms with van der Waals surface area (Å²) in [4.78, 5) is 32.4. The molecule has 0 N–H and O–H groups in total. The zero-order chi connectivity index (χ0) is 20.3. The molecule has 0 fully saturated rings. The molecule has 0 aliphatic carbocycles. The number of hydrogen-bond donors (Lipinski definition) is 0. The monoisotopic (exact) mass is 404 g/mol. The molecule has 0 spiro atoms. The molecule has 0 aromatic heterocycles. The molecule has 0 aromatic rings. The third-order valence-electron chi connectivity index (χ3n) is 1.87. The van der Waals surface area contributed by atoms with Crippen molar-refractivity contribution in [3.63, 3.8) is 0 Å². The van der Waals surface area contributed by atoms with Gasteiger partial charge in [0.2, 0.25) is 37.9 Å². The van der Waals surface area contributed by atoms with Gasteiger partial charge >= 0.3 is 25.7 Å². The standard InChI is InChI=1S/C12H12F3O10P/c1-7(13)10(16)20-4-23-26(19,24-5-21-11(17)8(2)14)25-6-22-12(18)9(3)15/h1-6H2. The van der Waals surface area contributed by atoms with Crippen LogP contribution in [0.1, 0.15) is 0 Å². The van der Waals surface area contributed by atoms with Gasteiger partial charge in [0.15, 0.2) is 0 Å². The molecule has 0 amide bonds. The number of rotatable bonds is 12. The van der Waals surface area contributed by atoms with E-state index < -0.39 is 63.6 Å². The highest BCUT2D eigenvalue weighted by atomic mass is 31.2. The molecule has 0 bridgehead atoms. The van der Waals surface area contributed by atoms with Gasteiger partial charge in [-0.2, -0.15) is 13.2 Å². The summed E-state index contributed by atoms with van der Waals surface area (Å²) < 4.78 is 74.7. The quantitative estimate of drug-likeness (QED) is 0.157. The van der Waals surface area contributed by atoms with Gasteiger partial charge in [0.25, 0.3) is 0 Å². The van der Waals surface area contributed by atoms with E-state index in [4.69, 9.17) is 0 Å². The summed E-state index contributed by atoms with van der Waals surface area (Å²) >= 11 is 0. The van der Waals surface area contributed by atoms with Crippen LogP contribution in [0.4, 0.5) is 13.2 Å². The zero-order valence-electron chi connectivity index (χ0n) is 12.9. The first-order valence-electron chi connectivity index (χ1n) is 6.06. The summed E-state index contributed by atoms with van der Waals surface area (Å²) in [5.74, 6) is -9.23. The second-order valence-electron chi connectivity index (χ2n) is 3.70. The summed E-state index contributed by atoms with van der Waals surface area (Å²) in [7, 11) is -4.77. The van der Waals surface area contributed by atoms with Crippen LogP contribution in [0.25, 0.3) is 0 Å². The third-order valence-corrected chi connectivity index (χ3v) is 3.13. The van der Waals surface area contributed by atoms with Crippen molar-refractivity contribution in [1.29, 1.82) is 0 Å². The number of carbonyl (C=O) groups is 3. The van der Waals surface area contributed by atoms with E-state index in [9.17, 15) is 32.1 Å². The van der Waals surface area contributed by atoms with Crippen LogP contribution in [-0.4, -0.2) is 38.3 Å². The van der Waals surface area contributed by atoms with Crippen LogP contribution in [0.15, 0.2) is 37.2 Å². The number of phosphoric acid groups is 1. The molecular weight excluding hydrogens is 392 g/mol. The van der Waals surface area contributed by atoms with Gasteiger partial charge in [0, 0.05) is 0 Å². The maximum absolute atomic E-state index is 12.4. The fourth-order valence-electron chi connectivity index (χ4n) is 0.780.